The number of anilines is 1. The van der Waals surface area contributed by atoms with Crippen LogP contribution in [0.4, 0.5) is 5.69 Å². The minimum Gasteiger partial charge on any atom is -0.508 e. The molecular weight excluding hydrogens is 428 g/mol. The van der Waals surface area contributed by atoms with Crippen molar-refractivity contribution in [3.63, 3.8) is 0 Å². The number of rotatable bonds is 5. The normalized spacial score (nSPS) is 11.9. The van der Waals surface area contributed by atoms with Gasteiger partial charge < -0.3 is 20.5 Å². The molecule has 0 saturated carbocycles. The summed E-state index contributed by atoms with van der Waals surface area (Å²) in [5.41, 5.74) is 4.37. The van der Waals surface area contributed by atoms with Gasteiger partial charge in [-0.15, -0.1) is 0 Å². The molecule has 4 aromatic carbocycles. The Labute approximate surface area is 196 Å². The van der Waals surface area contributed by atoms with E-state index in [0.29, 0.717) is 41.3 Å². The highest BCUT2D eigenvalue weighted by Gasteiger charge is 2.21. The second-order valence-electron chi connectivity index (χ2n) is 8.11. The van der Waals surface area contributed by atoms with E-state index in [1.807, 2.05) is 36.4 Å². The number of amides is 2. The zero-order chi connectivity index (χ0) is 23.5. The van der Waals surface area contributed by atoms with Crippen LogP contribution in [0.25, 0.3) is 0 Å². The standard InChI is InChI=1S/C28H22N2O4/c31-22-8-4-6-19(15-22)13-18-5-3-7-20(14-18)17-29-27(32)21-11-12-26-24(16-21)30-28(33)23-9-1-2-10-25(23)34-26/h1-12,14-16,31H,13,17H2,(H,29,32)(H,30,33). The molecule has 5 rings (SSSR count). The van der Waals surface area contributed by atoms with Crippen molar-refractivity contribution in [1.29, 1.82) is 0 Å². The van der Waals surface area contributed by atoms with Gasteiger partial charge in [-0.2, -0.15) is 0 Å². The van der Waals surface area contributed by atoms with Crippen LogP contribution in [0.3, 0.4) is 0 Å². The predicted molar refractivity (Wildman–Crippen MR) is 129 cm³/mol. The van der Waals surface area contributed by atoms with Crippen LogP contribution in [0.1, 0.15) is 37.4 Å². The molecular formula is C28H22N2O4. The Balaban J connectivity index is 1.27. The van der Waals surface area contributed by atoms with E-state index in [9.17, 15) is 14.7 Å². The molecule has 3 N–H and O–H groups in total. The largest absolute Gasteiger partial charge is 0.508 e. The Hall–Kier alpha value is -4.58. The minimum absolute atomic E-state index is 0.243. The topological polar surface area (TPSA) is 87.7 Å². The first kappa shape index (κ1) is 21.3. The van der Waals surface area contributed by atoms with Crippen molar-refractivity contribution in [2.75, 3.05) is 5.32 Å². The van der Waals surface area contributed by atoms with E-state index >= 15 is 0 Å². The summed E-state index contributed by atoms with van der Waals surface area (Å²) in [5, 5.41) is 15.4. The van der Waals surface area contributed by atoms with E-state index in [1.165, 1.54) is 0 Å². The molecule has 0 aliphatic carbocycles. The van der Waals surface area contributed by atoms with E-state index in [2.05, 4.69) is 10.6 Å². The zero-order valence-electron chi connectivity index (χ0n) is 18.2. The molecule has 0 radical (unpaired) electrons. The van der Waals surface area contributed by atoms with Gasteiger partial charge in [-0.3, -0.25) is 9.59 Å². The molecule has 168 valence electrons. The summed E-state index contributed by atoms with van der Waals surface area (Å²) in [6.45, 7) is 0.359. The highest BCUT2D eigenvalue weighted by molar-refractivity contribution is 6.08. The Morgan fingerprint density at radius 3 is 2.44 bits per heavy atom. The number of carbonyl (C=O) groups excluding carboxylic acids is 2. The molecule has 1 heterocycles. The first-order valence-electron chi connectivity index (χ1n) is 10.9. The third-order valence-electron chi connectivity index (χ3n) is 5.60. The molecule has 1 aliphatic rings. The molecule has 6 nitrogen and oxygen atoms in total. The smallest absolute Gasteiger partial charge is 0.259 e. The predicted octanol–water partition coefficient (Wildman–Crippen LogP) is 5.27. The van der Waals surface area contributed by atoms with Gasteiger partial charge in [0, 0.05) is 12.1 Å². The number of nitrogens with one attached hydrogen (secondary N) is 2. The van der Waals surface area contributed by atoms with Gasteiger partial charge in [0.05, 0.1) is 11.3 Å². The number of benzene rings is 4. The number of fused-ring (bicyclic) bond motifs is 2. The number of hydrogen-bond donors (Lipinski definition) is 3. The van der Waals surface area contributed by atoms with E-state index < -0.39 is 0 Å². The van der Waals surface area contributed by atoms with Gasteiger partial charge in [-0.05, 0) is 65.6 Å². The number of phenolic OH excluding ortho intramolecular Hbond substituents is 1. The fourth-order valence-corrected chi connectivity index (χ4v) is 3.95. The van der Waals surface area contributed by atoms with Crippen LogP contribution < -0.4 is 15.4 Å². The number of ether oxygens (including phenoxy) is 1. The summed E-state index contributed by atoms with van der Waals surface area (Å²) in [7, 11) is 0. The summed E-state index contributed by atoms with van der Waals surface area (Å²) in [6, 6.07) is 27.1. The maximum atomic E-state index is 12.8. The van der Waals surface area contributed by atoms with Gasteiger partial charge in [0.1, 0.15) is 11.5 Å². The number of aromatic hydroxyl groups is 1. The quantitative estimate of drug-likeness (QED) is 0.387. The second-order valence-corrected chi connectivity index (χ2v) is 8.11. The van der Waals surface area contributed by atoms with Crippen molar-refractivity contribution >= 4 is 17.5 Å². The average Bonchev–Trinajstić information content (AvgIpc) is 2.98. The summed E-state index contributed by atoms with van der Waals surface area (Å²) in [5.74, 6) is 0.663. The van der Waals surface area contributed by atoms with Gasteiger partial charge in [0.25, 0.3) is 11.8 Å². The molecule has 0 atom stereocenters. The van der Waals surface area contributed by atoms with Crippen LogP contribution in [-0.4, -0.2) is 16.9 Å². The lowest BCUT2D eigenvalue weighted by atomic mass is 10.0. The van der Waals surface area contributed by atoms with Crippen LogP contribution in [0.2, 0.25) is 0 Å². The maximum absolute atomic E-state index is 12.8. The average molecular weight is 450 g/mol. The first-order chi connectivity index (χ1) is 16.5. The molecule has 0 spiro atoms. The highest BCUT2D eigenvalue weighted by atomic mass is 16.5. The van der Waals surface area contributed by atoms with Crippen molar-refractivity contribution in [2.24, 2.45) is 0 Å². The zero-order valence-corrected chi connectivity index (χ0v) is 18.2. The summed E-state index contributed by atoms with van der Waals surface area (Å²) >= 11 is 0. The van der Waals surface area contributed by atoms with Gasteiger partial charge in [0.2, 0.25) is 0 Å². The summed E-state index contributed by atoms with van der Waals surface area (Å²) in [4.78, 5) is 25.3. The fraction of sp³-hybridized carbons (Fsp3) is 0.0714. The summed E-state index contributed by atoms with van der Waals surface area (Å²) < 4.78 is 5.88. The van der Waals surface area contributed by atoms with Crippen molar-refractivity contribution in [3.8, 4) is 17.2 Å². The van der Waals surface area contributed by atoms with Gasteiger partial charge in [0.15, 0.2) is 5.75 Å². The molecule has 34 heavy (non-hydrogen) atoms. The SMILES string of the molecule is O=C(NCc1cccc(Cc2cccc(O)c2)c1)c1ccc2c(c1)NC(=O)c1ccccc1O2. The van der Waals surface area contributed by atoms with E-state index in [-0.39, 0.29) is 17.6 Å². The summed E-state index contributed by atoms with van der Waals surface area (Å²) in [6.07, 6.45) is 0.684. The Bertz CT molecular complexity index is 1400. The van der Waals surface area contributed by atoms with Crippen molar-refractivity contribution in [2.45, 2.75) is 13.0 Å². The Kier molecular flexibility index (Phi) is 5.70. The Morgan fingerprint density at radius 2 is 1.59 bits per heavy atom. The van der Waals surface area contributed by atoms with Crippen LogP contribution in [0.5, 0.6) is 17.2 Å². The lowest BCUT2D eigenvalue weighted by Gasteiger charge is -2.11. The molecule has 0 unspecified atom stereocenters. The van der Waals surface area contributed by atoms with Crippen LogP contribution in [0.15, 0.2) is 91.0 Å². The monoisotopic (exact) mass is 450 g/mol. The van der Waals surface area contributed by atoms with Crippen molar-refractivity contribution < 1.29 is 19.4 Å². The first-order valence-corrected chi connectivity index (χ1v) is 10.9. The number of phenols is 1. The second kappa shape index (κ2) is 9.11. The van der Waals surface area contributed by atoms with Gasteiger partial charge in [-0.1, -0.05) is 48.5 Å². The molecule has 0 fully saturated rings. The number of para-hydroxylation sites is 1. The lowest BCUT2D eigenvalue weighted by molar-refractivity contribution is 0.0949. The number of carbonyl (C=O) groups is 2. The maximum Gasteiger partial charge on any atom is 0.259 e. The van der Waals surface area contributed by atoms with Gasteiger partial charge in [-0.25, -0.2) is 0 Å². The fourth-order valence-electron chi connectivity index (χ4n) is 3.95. The van der Waals surface area contributed by atoms with E-state index in [4.69, 9.17) is 4.74 Å². The van der Waals surface area contributed by atoms with Crippen molar-refractivity contribution in [1.82, 2.24) is 5.32 Å². The molecule has 1 aliphatic heterocycles. The van der Waals surface area contributed by atoms with Crippen LogP contribution in [-0.2, 0) is 13.0 Å². The molecule has 6 heteroatoms. The van der Waals surface area contributed by atoms with E-state index in [1.54, 1.807) is 54.6 Å². The molecule has 0 bridgehead atoms. The lowest BCUT2D eigenvalue weighted by Crippen LogP contribution is -2.23. The molecule has 4 aromatic rings. The molecule has 0 saturated heterocycles. The van der Waals surface area contributed by atoms with Crippen molar-refractivity contribution in [3.05, 3.63) is 119 Å². The number of hydrogen-bond acceptors (Lipinski definition) is 4. The molecule has 0 aromatic heterocycles. The Morgan fingerprint density at radius 1 is 0.824 bits per heavy atom. The highest BCUT2D eigenvalue weighted by Crippen LogP contribution is 2.36. The molecule has 2 amide bonds. The third kappa shape index (κ3) is 4.61. The van der Waals surface area contributed by atoms with Crippen LogP contribution >= 0.6 is 0 Å². The minimum atomic E-state index is -0.282. The van der Waals surface area contributed by atoms with Gasteiger partial charge >= 0.3 is 0 Å². The third-order valence-corrected chi connectivity index (χ3v) is 5.60. The van der Waals surface area contributed by atoms with Crippen LogP contribution in [0, 0.1) is 0 Å². The van der Waals surface area contributed by atoms with E-state index in [0.717, 1.165) is 16.7 Å².